The van der Waals surface area contributed by atoms with Crippen LogP contribution in [0.4, 0.5) is 13.2 Å². The van der Waals surface area contributed by atoms with Gasteiger partial charge in [0.05, 0.1) is 11.5 Å². The van der Waals surface area contributed by atoms with Crippen molar-refractivity contribution in [1.82, 2.24) is 0 Å². The Morgan fingerprint density at radius 2 is 0.775 bits per heavy atom. The first-order valence-electron chi connectivity index (χ1n) is 34.9. The van der Waals surface area contributed by atoms with Crippen molar-refractivity contribution < 1.29 is 34.6 Å². The lowest BCUT2D eigenvalue weighted by atomic mass is 9.79. The number of carbonyl (C=O) groups is 1. The lowest BCUT2D eigenvalue weighted by Gasteiger charge is -2.32. The van der Waals surface area contributed by atoms with Crippen LogP contribution in [0.15, 0.2) is 103 Å². The fourth-order valence-corrected chi connectivity index (χ4v) is 14.8. The van der Waals surface area contributed by atoms with Crippen LogP contribution < -0.4 is 9.47 Å². The van der Waals surface area contributed by atoms with Crippen molar-refractivity contribution in [3.05, 3.63) is 187 Å². The van der Waals surface area contributed by atoms with Gasteiger partial charge in [0.2, 0.25) is 0 Å². The molecule has 5 saturated carbocycles. The molecule has 5 aliphatic rings. The molecule has 0 saturated heterocycles. The molecule has 5 aliphatic carbocycles. The van der Waals surface area contributed by atoms with E-state index in [4.69, 9.17) is 9.47 Å². The van der Waals surface area contributed by atoms with Crippen molar-refractivity contribution in [3.8, 4) is 22.6 Å². The second-order valence-electron chi connectivity index (χ2n) is 29.4. The number of esters is 1. The third-order valence-electron chi connectivity index (χ3n) is 22.2. The minimum absolute atomic E-state index is 0. The topological polar surface area (TPSA) is 35.5 Å². The van der Waals surface area contributed by atoms with Gasteiger partial charge < -0.3 is 9.47 Å². The summed E-state index contributed by atoms with van der Waals surface area (Å²) in [4.78, 5) is 12.4. The fraction of sp³-hybridized carbons (Fsp3) is 0.554. The number of benzene rings is 6. The monoisotopic (exact) mass is 1220 g/mol. The molecule has 0 amide bonds. The Bertz CT molecular complexity index is 3160. The first-order chi connectivity index (χ1) is 42.4. The van der Waals surface area contributed by atoms with Gasteiger partial charge in [0.1, 0.15) is 17.3 Å². The van der Waals surface area contributed by atoms with Crippen LogP contribution in [0.25, 0.3) is 11.1 Å². The number of halogens is 3. The first-order valence-corrected chi connectivity index (χ1v) is 34.9. The third-order valence-corrected chi connectivity index (χ3v) is 22.2. The number of alkyl halides is 2. The van der Waals surface area contributed by atoms with E-state index in [9.17, 15) is 18.0 Å². The summed E-state index contributed by atoms with van der Waals surface area (Å²) in [6, 6.07) is 34.7. The van der Waals surface area contributed by atoms with Crippen LogP contribution in [0.5, 0.6) is 11.5 Å². The third kappa shape index (κ3) is 19.7. The van der Waals surface area contributed by atoms with E-state index < -0.39 is 12.0 Å². The van der Waals surface area contributed by atoms with E-state index in [1.165, 1.54) is 148 Å². The van der Waals surface area contributed by atoms with Crippen LogP contribution in [-0.2, 0) is 6.42 Å². The van der Waals surface area contributed by atoms with Gasteiger partial charge in [0.25, 0.3) is 0 Å². The molecule has 0 spiro atoms. The largest absolute Gasteiger partial charge is 0.432 e. The Balaban J connectivity index is 0.000000326. The van der Waals surface area contributed by atoms with Gasteiger partial charge in [-0.3, -0.25) is 0 Å². The van der Waals surface area contributed by atoms with Gasteiger partial charge in [0, 0.05) is 12.7 Å². The van der Waals surface area contributed by atoms with Crippen LogP contribution >= 0.6 is 0 Å². The van der Waals surface area contributed by atoms with Crippen LogP contribution in [-0.4, -0.2) is 12.1 Å². The quantitative estimate of drug-likeness (QED) is 0.0958. The molecule has 0 aliphatic heterocycles. The predicted octanol–water partition coefficient (Wildman–Crippen LogP) is 25.8. The molecule has 6 aromatic rings. The van der Waals surface area contributed by atoms with E-state index in [0.717, 1.165) is 81.4 Å². The highest BCUT2D eigenvalue weighted by Gasteiger charge is 2.43. The summed E-state index contributed by atoms with van der Waals surface area (Å²) in [6.45, 7) is 30.3. The second-order valence-corrected chi connectivity index (χ2v) is 29.4. The van der Waals surface area contributed by atoms with Crippen LogP contribution in [0.1, 0.15) is 271 Å². The molecule has 3 nitrogen and oxygen atoms in total. The van der Waals surface area contributed by atoms with Crippen LogP contribution in [0.2, 0.25) is 0 Å². The van der Waals surface area contributed by atoms with E-state index in [-0.39, 0.29) is 24.7 Å². The van der Waals surface area contributed by atoms with E-state index in [2.05, 4.69) is 117 Å². The highest BCUT2D eigenvalue weighted by atomic mass is 19.3. The van der Waals surface area contributed by atoms with Crippen molar-refractivity contribution in [2.75, 3.05) is 0 Å². The SMILES string of the molecule is CC1CCC(c2ccc(-c3ccc(C4CCC(C)CC4)cc3F)cc2)CC1.Cc1cc(CC2CCC(C)CC2)cc(C)c1C.Cc1cc(OC(=O)c2ccc(C3CCC(C)CC3)cc2)cc(C)c1C.Cc1cc(OC(F)(F)C2CCC(C)CC2)cc(C)c1C.[HH].[HH].[HH].[HH].[HH]. The van der Waals surface area contributed by atoms with Gasteiger partial charge >= 0.3 is 12.1 Å². The lowest BCUT2D eigenvalue weighted by molar-refractivity contribution is -0.223. The number of rotatable bonds is 11. The zero-order valence-corrected chi connectivity index (χ0v) is 57.3. The van der Waals surface area contributed by atoms with E-state index in [1.807, 2.05) is 65.0 Å². The number of aryl methyl sites for hydroxylation is 6. The molecule has 6 aromatic carbocycles. The fourth-order valence-electron chi connectivity index (χ4n) is 14.8. The molecule has 0 heterocycles. The van der Waals surface area contributed by atoms with Gasteiger partial charge in [-0.25, -0.2) is 9.18 Å². The van der Waals surface area contributed by atoms with Crippen molar-refractivity contribution in [1.29, 1.82) is 0 Å². The van der Waals surface area contributed by atoms with E-state index in [1.54, 1.807) is 23.8 Å². The number of ether oxygens (including phenoxy) is 2. The predicted molar refractivity (Wildman–Crippen MR) is 378 cm³/mol. The Morgan fingerprint density at radius 1 is 0.427 bits per heavy atom. The van der Waals surface area contributed by atoms with E-state index in [0.29, 0.717) is 47.8 Å². The maximum absolute atomic E-state index is 14.9. The molecule has 0 radical (unpaired) electrons. The number of hydrogen-bond acceptors (Lipinski definition) is 3. The maximum Gasteiger partial charge on any atom is 0.400 e. The number of carbonyl (C=O) groups excluding carboxylic acids is 1. The first kappa shape index (κ1) is 69.3. The minimum Gasteiger partial charge on any atom is -0.432 e. The summed E-state index contributed by atoms with van der Waals surface area (Å²) in [5, 5.41) is 0. The number of hydrogen-bond donors (Lipinski definition) is 0. The van der Waals surface area contributed by atoms with Gasteiger partial charge in [-0.2, -0.15) is 8.78 Å². The standard InChI is InChI=1S/C26H33F.C23H28O2.C17H24F2O.C17H26.5H2/c1-18-3-7-20(8-4-18)21-11-13-23(14-12-21)25-16-15-24(17-26(25)27)22-9-5-19(2)6-10-22;1-15-5-7-19(8-6-15)20-9-11-21(12-10-20)23(24)25-22-13-16(2)18(4)17(3)14-22;1-11-5-7-15(8-6-11)17(18,19)20-16-9-12(2)14(4)13(3)10-16;1-12-5-7-16(8-6-12)11-17-9-13(2)15(4)14(3)10-17;;;;;/h11-20,22H,3-10H2,1-2H3;9-15,19H,5-8H2,1-4H3;9-11,15H,5-8H2,1-4H3;9-10,12,16H,5-8,11H2,1-4H3;5*1H. The van der Waals surface area contributed by atoms with Gasteiger partial charge in [0.15, 0.2) is 0 Å². The van der Waals surface area contributed by atoms with E-state index >= 15 is 0 Å². The molecule has 5 fully saturated rings. The zero-order valence-electron chi connectivity index (χ0n) is 57.3. The van der Waals surface area contributed by atoms with Gasteiger partial charge in [-0.15, -0.1) is 0 Å². The Labute approximate surface area is 544 Å². The summed E-state index contributed by atoms with van der Waals surface area (Å²) in [6.07, 6.45) is 22.2. The van der Waals surface area contributed by atoms with Gasteiger partial charge in [-0.1, -0.05) is 159 Å². The van der Waals surface area contributed by atoms with Crippen molar-refractivity contribution >= 4 is 5.97 Å². The maximum atomic E-state index is 14.9. The molecule has 89 heavy (non-hydrogen) atoms. The average Bonchev–Trinajstić information content (AvgIpc) is 0.847. The molecular weight excluding hydrogens is 1100 g/mol. The molecule has 0 atom stereocenters. The van der Waals surface area contributed by atoms with Gasteiger partial charge in [-0.05, 0) is 307 Å². The summed E-state index contributed by atoms with van der Waals surface area (Å²) in [7, 11) is 0. The summed E-state index contributed by atoms with van der Waals surface area (Å²) < 4.78 is 54.0. The van der Waals surface area contributed by atoms with Crippen LogP contribution in [0.3, 0.4) is 0 Å². The normalized spacial score (nSPS) is 24.6. The zero-order chi connectivity index (χ0) is 64.1. The lowest BCUT2D eigenvalue weighted by Crippen LogP contribution is -2.37. The summed E-state index contributed by atoms with van der Waals surface area (Å²) in [5.74, 6) is 6.80. The highest BCUT2D eigenvalue weighted by molar-refractivity contribution is 5.91. The summed E-state index contributed by atoms with van der Waals surface area (Å²) in [5.41, 5.74) is 18.9. The van der Waals surface area contributed by atoms with Crippen molar-refractivity contribution in [2.45, 2.75) is 256 Å². The van der Waals surface area contributed by atoms with Crippen molar-refractivity contribution in [2.24, 2.45) is 41.4 Å². The van der Waals surface area contributed by atoms with Crippen molar-refractivity contribution in [3.63, 3.8) is 0 Å². The molecule has 492 valence electrons. The van der Waals surface area contributed by atoms with Crippen LogP contribution in [0, 0.1) is 110 Å². The minimum atomic E-state index is -3.06. The molecule has 0 unspecified atom stereocenters. The Kier molecular flexibility index (Phi) is 25.0. The Hall–Kier alpha value is -5.62. The average molecular weight is 1220 g/mol. The molecule has 6 heteroatoms. The summed E-state index contributed by atoms with van der Waals surface area (Å²) >= 11 is 0. The Morgan fingerprint density at radius 3 is 1.19 bits per heavy atom. The highest BCUT2D eigenvalue weighted by Crippen LogP contribution is 2.43. The molecule has 11 rings (SSSR count). The molecule has 0 bridgehead atoms. The second kappa shape index (κ2) is 32.1. The molecule has 0 N–H and O–H groups in total. The molecular formula is C83H121F3O3. The smallest absolute Gasteiger partial charge is 0.400 e. The molecule has 0 aromatic heterocycles.